The minimum atomic E-state index is -0.109. The first-order valence-electron chi connectivity index (χ1n) is 6.12. The van der Waals surface area contributed by atoms with Gasteiger partial charge in [0.25, 0.3) is 0 Å². The number of anilines is 1. The number of aromatic nitrogens is 3. The van der Waals surface area contributed by atoms with E-state index in [-0.39, 0.29) is 24.4 Å². The zero-order valence-corrected chi connectivity index (χ0v) is 12.2. The highest BCUT2D eigenvalue weighted by Gasteiger charge is 2.23. The molecule has 1 amide bonds. The van der Waals surface area contributed by atoms with Gasteiger partial charge in [-0.3, -0.25) is 15.1 Å². The Labute approximate surface area is 126 Å². The predicted molar refractivity (Wildman–Crippen MR) is 80.0 cm³/mol. The molecule has 3 rings (SSSR count). The number of hydrogen-bond acceptors (Lipinski definition) is 6. The fourth-order valence-electron chi connectivity index (χ4n) is 1.97. The van der Waals surface area contributed by atoms with E-state index in [0.29, 0.717) is 10.1 Å². The summed E-state index contributed by atoms with van der Waals surface area (Å²) in [7, 11) is 0. The van der Waals surface area contributed by atoms with E-state index < -0.39 is 0 Å². The molecular formula is C12H14ClN5OS. The molecule has 8 heteroatoms. The second-order valence-corrected chi connectivity index (χ2v) is 5.24. The number of nitrogens with zero attached hydrogens (tertiary/aromatic N) is 3. The molecule has 1 fully saturated rings. The van der Waals surface area contributed by atoms with Crippen LogP contribution in [0.5, 0.6) is 0 Å². The van der Waals surface area contributed by atoms with Gasteiger partial charge in [-0.15, -0.1) is 22.6 Å². The van der Waals surface area contributed by atoms with Crippen LogP contribution >= 0.6 is 23.7 Å². The number of rotatable bonds is 3. The van der Waals surface area contributed by atoms with Gasteiger partial charge in [-0.05, 0) is 31.5 Å². The number of pyridine rings is 1. The van der Waals surface area contributed by atoms with Gasteiger partial charge in [0.1, 0.15) is 5.69 Å². The molecule has 0 aromatic carbocycles. The van der Waals surface area contributed by atoms with E-state index in [1.54, 1.807) is 6.20 Å². The molecule has 1 unspecified atom stereocenters. The van der Waals surface area contributed by atoms with Crippen molar-refractivity contribution < 1.29 is 4.79 Å². The van der Waals surface area contributed by atoms with E-state index in [0.717, 1.165) is 25.1 Å². The molecule has 6 nitrogen and oxygen atoms in total. The van der Waals surface area contributed by atoms with Gasteiger partial charge in [-0.2, -0.15) is 0 Å². The lowest BCUT2D eigenvalue weighted by atomic mass is 10.2. The Bertz CT molecular complexity index is 570. The minimum Gasteiger partial charge on any atom is -0.306 e. The summed E-state index contributed by atoms with van der Waals surface area (Å²) in [4.78, 5) is 16.1. The van der Waals surface area contributed by atoms with Crippen molar-refractivity contribution in [2.24, 2.45) is 0 Å². The molecule has 1 aliphatic rings. The summed E-state index contributed by atoms with van der Waals surface area (Å²) in [6.07, 6.45) is 3.61. The van der Waals surface area contributed by atoms with Crippen LogP contribution in [0.25, 0.3) is 10.7 Å². The third-order valence-corrected chi connectivity index (χ3v) is 3.78. The van der Waals surface area contributed by atoms with E-state index in [9.17, 15) is 4.79 Å². The van der Waals surface area contributed by atoms with Crippen LogP contribution in [0.1, 0.15) is 12.8 Å². The third-order valence-electron chi connectivity index (χ3n) is 2.92. The number of amides is 1. The summed E-state index contributed by atoms with van der Waals surface area (Å²) in [5.41, 5.74) is 0.763. The van der Waals surface area contributed by atoms with E-state index in [2.05, 4.69) is 25.8 Å². The molecule has 20 heavy (non-hydrogen) atoms. The lowest BCUT2D eigenvalue weighted by Gasteiger charge is -2.07. The standard InChI is InChI=1S/C12H13N5OS.ClH/c18-10(8-5-3-7-13-8)15-12-17-16-11(19-12)9-4-1-2-6-14-9;/h1-2,4,6,8,13H,3,5,7H2,(H,15,17,18);1H. The highest BCUT2D eigenvalue weighted by atomic mass is 35.5. The molecule has 0 bridgehead atoms. The van der Waals surface area contributed by atoms with E-state index in [1.165, 1.54) is 11.3 Å². The van der Waals surface area contributed by atoms with Gasteiger partial charge in [0.05, 0.1) is 6.04 Å². The average Bonchev–Trinajstić information content (AvgIpc) is 3.11. The van der Waals surface area contributed by atoms with Crippen LogP contribution in [0, 0.1) is 0 Å². The molecule has 2 N–H and O–H groups in total. The number of carbonyl (C=O) groups excluding carboxylic acids is 1. The van der Waals surface area contributed by atoms with Crippen LogP contribution in [0.4, 0.5) is 5.13 Å². The lowest BCUT2D eigenvalue weighted by Crippen LogP contribution is -2.35. The second-order valence-electron chi connectivity index (χ2n) is 4.27. The normalized spacial score (nSPS) is 17.5. The maximum Gasteiger partial charge on any atom is 0.243 e. The first-order chi connectivity index (χ1) is 9.33. The predicted octanol–water partition coefficient (Wildman–Crippen LogP) is 1.71. The van der Waals surface area contributed by atoms with Crippen LogP contribution in [-0.2, 0) is 4.79 Å². The first-order valence-corrected chi connectivity index (χ1v) is 6.94. The number of halogens is 1. The summed E-state index contributed by atoms with van der Waals surface area (Å²) in [6, 6.07) is 5.50. The first kappa shape index (κ1) is 14.8. The van der Waals surface area contributed by atoms with Gasteiger partial charge in [0, 0.05) is 6.20 Å². The van der Waals surface area contributed by atoms with Crippen molar-refractivity contribution in [3.63, 3.8) is 0 Å². The highest BCUT2D eigenvalue weighted by Crippen LogP contribution is 2.24. The summed E-state index contributed by atoms with van der Waals surface area (Å²) in [5, 5.41) is 15.2. The molecule has 0 radical (unpaired) electrons. The highest BCUT2D eigenvalue weighted by molar-refractivity contribution is 7.18. The maximum atomic E-state index is 11.9. The Kier molecular flexibility index (Phi) is 4.99. The van der Waals surface area contributed by atoms with Gasteiger partial charge >= 0.3 is 0 Å². The Morgan fingerprint density at radius 1 is 1.40 bits per heavy atom. The zero-order chi connectivity index (χ0) is 13.1. The molecule has 2 aromatic heterocycles. The molecule has 1 aliphatic heterocycles. The molecule has 0 saturated carbocycles. The quantitative estimate of drug-likeness (QED) is 0.902. The number of carbonyl (C=O) groups is 1. The Hall–Kier alpha value is -1.57. The fourth-order valence-corrected chi connectivity index (χ4v) is 2.69. The van der Waals surface area contributed by atoms with Crippen LogP contribution in [0.15, 0.2) is 24.4 Å². The molecule has 1 saturated heterocycles. The Balaban J connectivity index is 0.00000147. The molecule has 2 aromatic rings. The summed E-state index contributed by atoms with van der Waals surface area (Å²) in [6.45, 7) is 0.896. The van der Waals surface area contributed by atoms with Crippen molar-refractivity contribution in [2.45, 2.75) is 18.9 Å². The van der Waals surface area contributed by atoms with Gasteiger partial charge < -0.3 is 5.32 Å². The average molecular weight is 312 g/mol. The smallest absolute Gasteiger partial charge is 0.243 e. The van der Waals surface area contributed by atoms with Crippen molar-refractivity contribution in [1.29, 1.82) is 0 Å². The molecule has 1 atom stereocenters. The number of hydrogen-bond donors (Lipinski definition) is 2. The van der Waals surface area contributed by atoms with Crippen molar-refractivity contribution in [3.05, 3.63) is 24.4 Å². The van der Waals surface area contributed by atoms with E-state index >= 15 is 0 Å². The largest absolute Gasteiger partial charge is 0.306 e. The number of nitrogens with one attached hydrogen (secondary N) is 2. The third kappa shape index (κ3) is 3.30. The van der Waals surface area contributed by atoms with E-state index in [1.807, 2.05) is 18.2 Å². The lowest BCUT2D eigenvalue weighted by molar-refractivity contribution is -0.117. The topological polar surface area (TPSA) is 79.8 Å². The molecule has 0 aliphatic carbocycles. The van der Waals surface area contributed by atoms with Gasteiger partial charge in [0.15, 0.2) is 5.01 Å². The Morgan fingerprint density at radius 2 is 2.30 bits per heavy atom. The summed E-state index contributed by atoms with van der Waals surface area (Å²) in [5.74, 6) is -0.0405. The minimum absolute atomic E-state index is 0. The van der Waals surface area contributed by atoms with Gasteiger partial charge in [-0.25, -0.2) is 0 Å². The van der Waals surface area contributed by atoms with Crippen molar-refractivity contribution in [2.75, 3.05) is 11.9 Å². The molecule has 3 heterocycles. The molecule has 0 spiro atoms. The van der Waals surface area contributed by atoms with Gasteiger partial charge in [-0.1, -0.05) is 17.4 Å². The van der Waals surface area contributed by atoms with Gasteiger partial charge in [0.2, 0.25) is 11.0 Å². The Morgan fingerprint density at radius 3 is 3.00 bits per heavy atom. The molecular weight excluding hydrogens is 298 g/mol. The van der Waals surface area contributed by atoms with Crippen LogP contribution in [-0.4, -0.2) is 33.7 Å². The van der Waals surface area contributed by atoms with Crippen LogP contribution < -0.4 is 10.6 Å². The summed E-state index contributed by atoms with van der Waals surface area (Å²) < 4.78 is 0. The van der Waals surface area contributed by atoms with Crippen LogP contribution in [0.3, 0.4) is 0 Å². The maximum absolute atomic E-state index is 11.9. The van der Waals surface area contributed by atoms with Crippen molar-refractivity contribution in [3.8, 4) is 10.7 Å². The fraction of sp³-hybridized carbons (Fsp3) is 0.333. The van der Waals surface area contributed by atoms with Crippen LogP contribution in [0.2, 0.25) is 0 Å². The summed E-state index contributed by atoms with van der Waals surface area (Å²) >= 11 is 1.33. The zero-order valence-electron chi connectivity index (χ0n) is 10.6. The van der Waals surface area contributed by atoms with E-state index in [4.69, 9.17) is 0 Å². The monoisotopic (exact) mass is 311 g/mol. The molecule has 106 valence electrons. The van der Waals surface area contributed by atoms with Crippen molar-refractivity contribution >= 4 is 34.8 Å². The second kappa shape index (κ2) is 6.74. The SMILES string of the molecule is Cl.O=C(Nc1nnc(-c2ccccn2)s1)C1CCCN1. The van der Waals surface area contributed by atoms with Crippen molar-refractivity contribution in [1.82, 2.24) is 20.5 Å².